The Hall–Kier alpha value is -0.660. The average Bonchev–Trinajstić information content (AvgIpc) is 2.89. The van der Waals surface area contributed by atoms with Crippen molar-refractivity contribution < 1.29 is 4.79 Å². The Kier molecular flexibility index (Phi) is 5.59. The molecule has 1 N–H and O–H groups in total. The zero-order valence-corrected chi connectivity index (χ0v) is 13.2. The van der Waals surface area contributed by atoms with Gasteiger partial charge < -0.3 is 10.2 Å². The predicted octanol–water partition coefficient (Wildman–Crippen LogP) is 2.83. The number of aromatic nitrogens is 1. The van der Waals surface area contributed by atoms with E-state index in [-0.39, 0.29) is 5.91 Å². The number of thioether (sulfide) groups is 1. The Morgan fingerprint density at radius 2 is 2.37 bits per heavy atom. The van der Waals surface area contributed by atoms with Crippen LogP contribution in [0.4, 0.5) is 5.13 Å². The average molecular weight is 315 g/mol. The fourth-order valence-electron chi connectivity index (χ4n) is 1.85. The smallest absolute Gasteiger partial charge is 0.236 e. The van der Waals surface area contributed by atoms with Crippen LogP contribution in [0.25, 0.3) is 0 Å². The number of rotatable bonds is 3. The summed E-state index contributed by atoms with van der Waals surface area (Å²) in [6.07, 6.45) is 4.05. The van der Waals surface area contributed by atoms with Gasteiger partial charge in [-0.05, 0) is 18.8 Å². The molecule has 2 rings (SSSR count). The van der Waals surface area contributed by atoms with Gasteiger partial charge >= 0.3 is 0 Å². The number of amides is 1. The largest absolute Gasteiger partial charge is 0.357 e. The summed E-state index contributed by atoms with van der Waals surface area (Å²) < 4.78 is 0.834. The second-order valence-electron chi connectivity index (χ2n) is 4.61. The third-order valence-electron chi connectivity index (χ3n) is 3.05. The monoisotopic (exact) mass is 315 g/mol. The van der Waals surface area contributed by atoms with Crippen LogP contribution < -0.4 is 5.32 Å². The van der Waals surface area contributed by atoms with Gasteiger partial charge in [0, 0.05) is 24.7 Å². The number of piperidine rings is 1. The van der Waals surface area contributed by atoms with Crippen LogP contribution in [-0.2, 0) is 4.79 Å². The summed E-state index contributed by atoms with van der Waals surface area (Å²) in [6, 6.07) is 0. The lowest BCUT2D eigenvalue weighted by Crippen LogP contribution is -2.36. The summed E-state index contributed by atoms with van der Waals surface area (Å²) in [5.41, 5.74) is 0. The minimum absolute atomic E-state index is 0.0484. The summed E-state index contributed by atoms with van der Waals surface area (Å²) in [7, 11) is 0. The fraction of sp³-hybridized carbons (Fsp3) is 0.583. The van der Waals surface area contributed by atoms with Crippen LogP contribution in [0.5, 0.6) is 0 Å². The maximum absolute atomic E-state index is 11.7. The summed E-state index contributed by atoms with van der Waals surface area (Å²) in [5, 5.41) is 5.23. The molecule has 0 radical (unpaired) electrons. The van der Waals surface area contributed by atoms with E-state index in [0.717, 1.165) is 23.3 Å². The SMILES string of the molecule is CC1CCN(C(=S)SCC(=O)Nc2nccs2)CC1. The number of nitrogens with one attached hydrogen (secondary N) is 1. The van der Waals surface area contributed by atoms with Crippen LogP contribution in [0.2, 0.25) is 0 Å². The van der Waals surface area contributed by atoms with Crippen molar-refractivity contribution in [3.05, 3.63) is 11.6 Å². The Morgan fingerprint density at radius 3 is 3.00 bits per heavy atom. The first kappa shape index (κ1) is 14.7. The zero-order chi connectivity index (χ0) is 13.7. The highest BCUT2D eigenvalue weighted by Gasteiger charge is 2.18. The number of nitrogens with zero attached hydrogens (tertiary/aromatic N) is 2. The quantitative estimate of drug-likeness (QED) is 0.869. The van der Waals surface area contributed by atoms with Crippen molar-refractivity contribution in [3.63, 3.8) is 0 Å². The molecule has 0 aromatic carbocycles. The van der Waals surface area contributed by atoms with Crippen molar-refractivity contribution in [2.24, 2.45) is 5.92 Å². The molecule has 1 saturated heterocycles. The first-order chi connectivity index (χ1) is 9.15. The number of likely N-dealkylation sites (tertiary alicyclic amines) is 1. The molecule has 2 heterocycles. The van der Waals surface area contributed by atoms with Crippen molar-refractivity contribution >= 4 is 50.7 Å². The van der Waals surface area contributed by atoms with Gasteiger partial charge in [-0.15, -0.1) is 11.3 Å². The number of hydrogen-bond acceptors (Lipinski definition) is 5. The third-order valence-corrected chi connectivity index (χ3v) is 5.26. The standard InChI is InChI=1S/C12H17N3OS3/c1-9-2-5-15(6-3-9)12(17)19-8-10(16)14-11-13-4-7-18-11/h4,7,9H,2-3,5-6,8H2,1H3,(H,13,14,16). The van der Waals surface area contributed by atoms with Crippen molar-refractivity contribution in [2.75, 3.05) is 24.2 Å². The highest BCUT2D eigenvalue weighted by Crippen LogP contribution is 2.20. The molecule has 1 aliphatic heterocycles. The minimum atomic E-state index is -0.0484. The molecule has 0 saturated carbocycles. The molecule has 104 valence electrons. The molecule has 0 spiro atoms. The topological polar surface area (TPSA) is 45.2 Å². The maximum Gasteiger partial charge on any atom is 0.236 e. The van der Waals surface area contributed by atoms with Crippen LogP contribution in [0, 0.1) is 5.92 Å². The molecule has 1 aromatic heterocycles. The van der Waals surface area contributed by atoms with E-state index in [1.54, 1.807) is 6.20 Å². The number of anilines is 1. The number of thiocarbonyl (C=S) groups is 1. The van der Waals surface area contributed by atoms with Crippen LogP contribution in [0.1, 0.15) is 19.8 Å². The Bertz CT molecular complexity index is 427. The first-order valence-corrected chi connectivity index (χ1v) is 8.53. The molecular weight excluding hydrogens is 298 g/mol. The van der Waals surface area contributed by atoms with E-state index >= 15 is 0 Å². The second kappa shape index (κ2) is 7.21. The first-order valence-electron chi connectivity index (χ1n) is 6.26. The van der Waals surface area contributed by atoms with Gasteiger partial charge in [0.25, 0.3) is 0 Å². The van der Waals surface area contributed by atoms with E-state index in [4.69, 9.17) is 12.2 Å². The van der Waals surface area contributed by atoms with Crippen LogP contribution in [0.3, 0.4) is 0 Å². The highest BCUT2D eigenvalue weighted by atomic mass is 32.2. The Labute approximate surface area is 127 Å². The number of carbonyl (C=O) groups is 1. The van der Waals surface area contributed by atoms with E-state index in [1.165, 1.54) is 35.9 Å². The van der Waals surface area contributed by atoms with Gasteiger partial charge in [0.1, 0.15) is 4.32 Å². The van der Waals surface area contributed by atoms with Gasteiger partial charge in [-0.3, -0.25) is 4.79 Å². The molecular formula is C12H17N3OS3. The van der Waals surface area contributed by atoms with E-state index in [1.807, 2.05) is 5.38 Å². The number of thiazole rings is 1. The van der Waals surface area contributed by atoms with Crippen LogP contribution in [-0.4, -0.2) is 39.0 Å². The molecule has 1 aromatic rings. The molecule has 19 heavy (non-hydrogen) atoms. The highest BCUT2D eigenvalue weighted by molar-refractivity contribution is 8.23. The maximum atomic E-state index is 11.7. The normalized spacial score (nSPS) is 16.4. The summed E-state index contributed by atoms with van der Waals surface area (Å²) in [4.78, 5) is 17.9. The molecule has 1 aliphatic rings. The molecule has 4 nitrogen and oxygen atoms in total. The predicted molar refractivity (Wildman–Crippen MR) is 85.8 cm³/mol. The summed E-state index contributed by atoms with van der Waals surface area (Å²) in [6.45, 7) is 4.30. The van der Waals surface area contributed by atoms with Gasteiger partial charge in [-0.2, -0.15) is 0 Å². The summed E-state index contributed by atoms with van der Waals surface area (Å²) in [5.74, 6) is 1.09. The van der Waals surface area contributed by atoms with E-state index < -0.39 is 0 Å². The number of hydrogen-bond donors (Lipinski definition) is 1. The lowest BCUT2D eigenvalue weighted by molar-refractivity contribution is -0.113. The molecule has 0 unspecified atom stereocenters. The van der Waals surface area contributed by atoms with Gasteiger partial charge in [-0.25, -0.2) is 4.98 Å². The summed E-state index contributed by atoms with van der Waals surface area (Å²) >= 11 is 8.23. The van der Waals surface area contributed by atoms with Gasteiger partial charge in [0.2, 0.25) is 5.91 Å². The fourth-order valence-corrected chi connectivity index (χ4v) is 3.45. The zero-order valence-electron chi connectivity index (χ0n) is 10.8. The van der Waals surface area contributed by atoms with Crippen molar-refractivity contribution in [3.8, 4) is 0 Å². The third kappa shape index (κ3) is 4.74. The van der Waals surface area contributed by atoms with Crippen LogP contribution >= 0.6 is 35.3 Å². The molecule has 1 fully saturated rings. The lowest BCUT2D eigenvalue weighted by atomic mass is 10.00. The van der Waals surface area contributed by atoms with Crippen LogP contribution in [0.15, 0.2) is 11.6 Å². The van der Waals surface area contributed by atoms with E-state index in [0.29, 0.717) is 10.9 Å². The molecule has 0 bridgehead atoms. The van der Waals surface area contributed by atoms with Gasteiger partial charge in [-0.1, -0.05) is 30.9 Å². The lowest BCUT2D eigenvalue weighted by Gasteiger charge is -2.31. The second-order valence-corrected chi connectivity index (χ2v) is 7.11. The molecule has 7 heteroatoms. The number of carbonyl (C=O) groups excluding carboxylic acids is 1. The minimum Gasteiger partial charge on any atom is -0.357 e. The van der Waals surface area contributed by atoms with Crippen molar-refractivity contribution in [1.29, 1.82) is 0 Å². The Balaban J connectivity index is 1.70. The molecule has 1 amide bonds. The van der Waals surface area contributed by atoms with E-state index in [2.05, 4.69) is 22.1 Å². The van der Waals surface area contributed by atoms with Gasteiger partial charge in [0.15, 0.2) is 5.13 Å². The van der Waals surface area contributed by atoms with Gasteiger partial charge in [0.05, 0.1) is 5.75 Å². The van der Waals surface area contributed by atoms with Crippen molar-refractivity contribution in [2.45, 2.75) is 19.8 Å². The molecule has 0 aliphatic carbocycles. The Morgan fingerprint density at radius 1 is 1.63 bits per heavy atom. The van der Waals surface area contributed by atoms with E-state index in [9.17, 15) is 4.79 Å². The molecule has 0 atom stereocenters. The van der Waals surface area contributed by atoms with Crippen molar-refractivity contribution in [1.82, 2.24) is 9.88 Å².